The summed E-state index contributed by atoms with van der Waals surface area (Å²) in [6, 6.07) is 2.76. The van der Waals surface area contributed by atoms with Crippen molar-refractivity contribution in [3.05, 3.63) is 60.1 Å². The first kappa shape index (κ1) is 24.8. The van der Waals surface area contributed by atoms with E-state index in [1.54, 1.807) is 10.6 Å². The maximum atomic E-state index is 14.6. The number of rotatable bonds is 6. The predicted octanol–water partition coefficient (Wildman–Crippen LogP) is 2.56. The first-order valence-corrected chi connectivity index (χ1v) is 11.5. The summed E-state index contributed by atoms with van der Waals surface area (Å²) >= 11 is 0. The molecule has 9 nitrogen and oxygen atoms in total. The van der Waals surface area contributed by atoms with E-state index in [0.29, 0.717) is 47.9 Å². The van der Waals surface area contributed by atoms with Crippen LogP contribution in [0.15, 0.2) is 37.1 Å². The van der Waals surface area contributed by atoms with E-state index in [9.17, 15) is 22.7 Å². The second-order valence-corrected chi connectivity index (χ2v) is 9.16. The van der Waals surface area contributed by atoms with Crippen molar-refractivity contribution < 1.29 is 22.7 Å². The van der Waals surface area contributed by atoms with Crippen LogP contribution in [0.25, 0.3) is 22.4 Å². The Bertz CT molecular complexity index is 1460. The molecule has 1 saturated heterocycles. The third-order valence-corrected chi connectivity index (χ3v) is 6.70. The smallest absolute Gasteiger partial charge is 0.165 e. The van der Waals surface area contributed by atoms with Crippen LogP contribution in [0.2, 0.25) is 0 Å². The highest BCUT2D eigenvalue weighted by Gasteiger charge is 2.39. The minimum atomic E-state index is -1.63. The number of nitrogens with zero attached hydrogens (tertiary/aromatic N) is 6. The number of nitrogens with two attached hydrogens (primary N) is 2. The monoisotopic (exact) mass is 516 g/mol. The number of nitrogen functional groups attached to an aromatic ring is 1. The van der Waals surface area contributed by atoms with Gasteiger partial charge in [-0.25, -0.2) is 32.5 Å². The van der Waals surface area contributed by atoms with E-state index in [1.807, 2.05) is 4.90 Å². The van der Waals surface area contributed by atoms with E-state index in [2.05, 4.69) is 19.9 Å². The molecule has 194 valence electrons. The number of aliphatic hydroxyl groups is 1. The zero-order valence-electron chi connectivity index (χ0n) is 19.6. The van der Waals surface area contributed by atoms with Gasteiger partial charge in [-0.05, 0) is 30.5 Å². The van der Waals surface area contributed by atoms with Crippen molar-refractivity contribution in [1.82, 2.24) is 24.5 Å². The lowest BCUT2D eigenvalue weighted by Gasteiger charge is -2.43. The van der Waals surface area contributed by atoms with E-state index in [-0.39, 0.29) is 30.2 Å². The topological polar surface area (TPSA) is 132 Å². The number of halogens is 4. The molecule has 3 aromatic heterocycles. The molecule has 0 aliphatic carbocycles. The normalized spacial score (nSPS) is 18.9. The van der Waals surface area contributed by atoms with Gasteiger partial charge in [-0.15, -0.1) is 0 Å². The number of pyridine rings is 1. The maximum absolute atomic E-state index is 14.6. The SMILES string of the molecule is Nc1ncnc2c1ncn2Cc1cc(-c2cc(F)c(F)cc2F)ncc1N1CCC[C@](N)([C@@H](F)CO)C1. The number of fused-ring (bicyclic) bond motifs is 1. The van der Waals surface area contributed by atoms with Crippen molar-refractivity contribution in [3.63, 3.8) is 0 Å². The van der Waals surface area contributed by atoms with Crippen LogP contribution in [-0.4, -0.2) is 61.0 Å². The van der Waals surface area contributed by atoms with E-state index in [4.69, 9.17) is 11.5 Å². The zero-order valence-corrected chi connectivity index (χ0v) is 19.6. The largest absolute Gasteiger partial charge is 0.393 e. The number of alkyl halides is 1. The van der Waals surface area contributed by atoms with Crippen LogP contribution < -0.4 is 16.4 Å². The van der Waals surface area contributed by atoms with Gasteiger partial charge < -0.3 is 26.0 Å². The van der Waals surface area contributed by atoms with Crippen molar-refractivity contribution >= 4 is 22.7 Å². The van der Waals surface area contributed by atoms with E-state index < -0.39 is 35.8 Å². The molecule has 0 spiro atoms. The summed E-state index contributed by atoms with van der Waals surface area (Å²) in [5.74, 6) is -3.29. The molecular formula is C24H24F4N8O. The number of aliphatic hydroxyl groups excluding tert-OH is 1. The lowest BCUT2D eigenvalue weighted by Crippen LogP contribution is -2.61. The Labute approximate surface area is 208 Å². The van der Waals surface area contributed by atoms with Crippen LogP contribution in [0, 0.1) is 17.5 Å². The van der Waals surface area contributed by atoms with Crippen LogP contribution in [-0.2, 0) is 6.54 Å². The van der Waals surface area contributed by atoms with Crippen molar-refractivity contribution in [2.24, 2.45) is 5.73 Å². The van der Waals surface area contributed by atoms with Crippen LogP contribution in [0.1, 0.15) is 18.4 Å². The number of hydrogen-bond donors (Lipinski definition) is 3. The number of aromatic nitrogens is 5. The van der Waals surface area contributed by atoms with Gasteiger partial charge in [0.05, 0.1) is 42.6 Å². The molecule has 0 amide bonds. The van der Waals surface area contributed by atoms with E-state index in [1.165, 1.54) is 18.9 Å². The molecule has 0 unspecified atom stereocenters. The fourth-order valence-electron chi connectivity index (χ4n) is 4.72. The summed E-state index contributed by atoms with van der Waals surface area (Å²) in [6.45, 7) is 0.0920. The summed E-state index contributed by atoms with van der Waals surface area (Å²) in [6.07, 6.45) is 3.60. The Hall–Kier alpha value is -3.84. The predicted molar refractivity (Wildman–Crippen MR) is 129 cm³/mol. The van der Waals surface area contributed by atoms with Crippen molar-refractivity contribution in [1.29, 1.82) is 0 Å². The molecule has 1 aliphatic heterocycles. The van der Waals surface area contributed by atoms with Gasteiger partial charge in [0.25, 0.3) is 0 Å². The third kappa shape index (κ3) is 4.55. The summed E-state index contributed by atoms with van der Waals surface area (Å²) in [7, 11) is 0. The number of hydrogen-bond acceptors (Lipinski definition) is 8. The Morgan fingerprint density at radius 1 is 1.05 bits per heavy atom. The molecule has 5 N–H and O–H groups in total. The summed E-state index contributed by atoms with van der Waals surface area (Å²) in [4.78, 5) is 18.6. The van der Waals surface area contributed by atoms with E-state index in [0.717, 1.165) is 6.07 Å². The molecule has 1 aromatic carbocycles. The Kier molecular flexibility index (Phi) is 6.42. The van der Waals surface area contributed by atoms with Crippen LogP contribution >= 0.6 is 0 Å². The molecule has 4 aromatic rings. The summed E-state index contributed by atoms with van der Waals surface area (Å²) in [5, 5.41) is 9.38. The molecule has 37 heavy (non-hydrogen) atoms. The van der Waals surface area contributed by atoms with Crippen LogP contribution in [0.4, 0.5) is 29.1 Å². The van der Waals surface area contributed by atoms with Gasteiger partial charge in [0.15, 0.2) is 23.1 Å². The van der Waals surface area contributed by atoms with Crippen molar-refractivity contribution in [2.75, 3.05) is 30.3 Å². The standard InChI is InChI=1S/C24H24F4N8O/c25-15-6-17(27)16(26)5-14(15)18-4-13(8-36-12-34-21-22(29)32-11-33-23(21)36)19(7-31-18)35-3-1-2-24(30,10-35)20(28)9-37/h4-7,11-12,20,37H,1-3,8-10,30H2,(H2,29,32,33)/t20-,24+/m0/s1. The Balaban J connectivity index is 1.60. The van der Waals surface area contributed by atoms with E-state index >= 15 is 0 Å². The second kappa shape index (κ2) is 9.56. The molecule has 1 aliphatic rings. The fraction of sp³-hybridized carbons (Fsp3) is 0.333. The molecule has 5 rings (SSSR count). The molecular weight excluding hydrogens is 492 g/mol. The fourth-order valence-corrected chi connectivity index (χ4v) is 4.72. The van der Waals surface area contributed by atoms with Gasteiger partial charge in [-0.1, -0.05) is 0 Å². The van der Waals surface area contributed by atoms with Gasteiger partial charge >= 0.3 is 0 Å². The first-order valence-electron chi connectivity index (χ1n) is 11.5. The molecule has 0 bridgehead atoms. The molecule has 4 heterocycles. The van der Waals surface area contributed by atoms with Crippen LogP contribution in [0.5, 0.6) is 0 Å². The number of anilines is 2. The highest BCUT2D eigenvalue weighted by Crippen LogP contribution is 2.33. The van der Waals surface area contributed by atoms with Gasteiger partial charge in [-0.3, -0.25) is 4.98 Å². The quantitative estimate of drug-likeness (QED) is 0.263. The second-order valence-electron chi connectivity index (χ2n) is 9.16. The highest BCUT2D eigenvalue weighted by molar-refractivity contribution is 5.81. The lowest BCUT2D eigenvalue weighted by atomic mass is 9.85. The van der Waals surface area contributed by atoms with Gasteiger partial charge in [0.1, 0.15) is 23.8 Å². The molecule has 0 saturated carbocycles. The molecule has 2 atom stereocenters. The Morgan fingerprint density at radius 3 is 2.62 bits per heavy atom. The third-order valence-electron chi connectivity index (χ3n) is 6.70. The highest BCUT2D eigenvalue weighted by atomic mass is 19.2. The van der Waals surface area contributed by atoms with Crippen LogP contribution in [0.3, 0.4) is 0 Å². The average molecular weight is 517 g/mol. The zero-order chi connectivity index (χ0) is 26.3. The minimum Gasteiger partial charge on any atom is -0.393 e. The number of benzene rings is 1. The number of imidazole rings is 1. The number of piperidine rings is 1. The lowest BCUT2D eigenvalue weighted by molar-refractivity contribution is 0.0943. The first-order chi connectivity index (χ1) is 17.7. The maximum Gasteiger partial charge on any atom is 0.165 e. The van der Waals surface area contributed by atoms with Crippen molar-refractivity contribution in [3.8, 4) is 11.3 Å². The Morgan fingerprint density at radius 2 is 1.84 bits per heavy atom. The summed E-state index contributed by atoms with van der Waals surface area (Å²) < 4.78 is 58.3. The van der Waals surface area contributed by atoms with Gasteiger partial charge in [0, 0.05) is 24.7 Å². The molecule has 0 radical (unpaired) electrons. The minimum absolute atomic E-state index is 0.0726. The molecule has 13 heteroatoms. The van der Waals surface area contributed by atoms with Crippen molar-refractivity contribution in [2.45, 2.75) is 31.1 Å². The summed E-state index contributed by atoms with van der Waals surface area (Å²) in [5.41, 5.74) is 12.8. The molecule has 1 fully saturated rings. The van der Waals surface area contributed by atoms with Gasteiger partial charge in [-0.2, -0.15) is 0 Å². The average Bonchev–Trinajstić information content (AvgIpc) is 3.29. The van der Waals surface area contributed by atoms with Gasteiger partial charge in [0.2, 0.25) is 0 Å².